The SMILES string of the molecule is Cc1cc(C)c(C(=O)NC[C@@H]2CCN(c3cnn(C)c(=O)c3)C2)cn1. The quantitative estimate of drug-likeness (QED) is 0.899. The highest BCUT2D eigenvalue weighted by Gasteiger charge is 2.24. The van der Waals surface area contributed by atoms with Crippen LogP contribution in [0.2, 0.25) is 0 Å². The lowest BCUT2D eigenvalue weighted by Crippen LogP contribution is -2.32. The molecule has 1 fully saturated rings. The minimum absolute atomic E-state index is 0.0845. The molecule has 3 rings (SSSR count). The Labute approximate surface area is 146 Å². The highest BCUT2D eigenvalue weighted by atomic mass is 16.1. The Morgan fingerprint density at radius 3 is 2.84 bits per heavy atom. The predicted octanol–water partition coefficient (Wildman–Crippen LogP) is 1.05. The summed E-state index contributed by atoms with van der Waals surface area (Å²) in [5, 5.41) is 7.07. The van der Waals surface area contributed by atoms with Crippen molar-refractivity contribution in [2.45, 2.75) is 20.3 Å². The average Bonchev–Trinajstić information content (AvgIpc) is 3.04. The second-order valence-corrected chi connectivity index (χ2v) is 6.63. The molecule has 7 heteroatoms. The molecule has 7 nitrogen and oxygen atoms in total. The monoisotopic (exact) mass is 341 g/mol. The molecule has 1 saturated heterocycles. The molecule has 0 radical (unpaired) electrons. The molecule has 1 amide bonds. The summed E-state index contributed by atoms with van der Waals surface area (Å²) in [5.74, 6) is 0.269. The lowest BCUT2D eigenvalue weighted by Gasteiger charge is -2.18. The topological polar surface area (TPSA) is 80.1 Å². The van der Waals surface area contributed by atoms with Gasteiger partial charge in [0.25, 0.3) is 11.5 Å². The molecule has 3 heterocycles. The molecule has 1 atom stereocenters. The van der Waals surface area contributed by atoms with Crippen molar-refractivity contribution in [3.05, 3.63) is 51.7 Å². The van der Waals surface area contributed by atoms with Gasteiger partial charge in [-0.1, -0.05) is 0 Å². The van der Waals surface area contributed by atoms with Crippen molar-refractivity contribution in [3.63, 3.8) is 0 Å². The summed E-state index contributed by atoms with van der Waals surface area (Å²) in [5.41, 5.74) is 3.19. The van der Waals surface area contributed by atoms with Crippen LogP contribution >= 0.6 is 0 Å². The highest BCUT2D eigenvalue weighted by molar-refractivity contribution is 5.95. The lowest BCUT2D eigenvalue weighted by molar-refractivity contribution is 0.0947. The second-order valence-electron chi connectivity index (χ2n) is 6.63. The number of aromatic nitrogens is 3. The number of amides is 1. The third-order valence-corrected chi connectivity index (χ3v) is 4.65. The van der Waals surface area contributed by atoms with Gasteiger partial charge in [0.15, 0.2) is 0 Å². The van der Waals surface area contributed by atoms with Crippen LogP contribution in [0.1, 0.15) is 28.0 Å². The van der Waals surface area contributed by atoms with Crippen molar-refractivity contribution in [1.82, 2.24) is 20.1 Å². The molecule has 1 aliphatic rings. The Balaban J connectivity index is 1.57. The lowest BCUT2D eigenvalue weighted by atomic mass is 10.1. The molecule has 0 spiro atoms. The Morgan fingerprint density at radius 2 is 2.12 bits per heavy atom. The van der Waals surface area contributed by atoms with E-state index in [-0.39, 0.29) is 11.5 Å². The average molecular weight is 341 g/mol. The largest absolute Gasteiger partial charge is 0.370 e. The maximum Gasteiger partial charge on any atom is 0.268 e. The van der Waals surface area contributed by atoms with E-state index >= 15 is 0 Å². The number of carbonyl (C=O) groups is 1. The van der Waals surface area contributed by atoms with E-state index in [0.717, 1.165) is 36.5 Å². The zero-order chi connectivity index (χ0) is 18.0. The fourth-order valence-electron chi connectivity index (χ4n) is 3.13. The van der Waals surface area contributed by atoms with Gasteiger partial charge in [-0.2, -0.15) is 5.10 Å². The first kappa shape index (κ1) is 17.1. The Hall–Kier alpha value is -2.70. The van der Waals surface area contributed by atoms with Crippen LogP contribution in [0.15, 0.2) is 29.3 Å². The normalized spacial score (nSPS) is 16.9. The summed E-state index contributed by atoms with van der Waals surface area (Å²) in [4.78, 5) is 30.4. The van der Waals surface area contributed by atoms with Gasteiger partial charge in [-0.25, -0.2) is 4.68 Å². The summed E-state index contributed by atoms with van der Waals surface area (Å²) in [6, 6.07) is 3.52. The van der Waals surface area contributed by atoms with E-state index < -0.39 is 0 Å². The van der Waals surface area contributed by atoms with E-state index in [0.29, 0.717) is 18.0 Å². The maximum absolute atomic E-state index is 12.3. The van der Waals surface area contributed by atoms with Crippen LogP contribution in [-0.2, 0) is 7.05 Å². The van der Waals surface area contributed by atoms with Crippen LogP contribution in [0.25, 0.3) is 0 Å². The smallest absolute Gasteiger partial charge is 0.268 e. The third kappa shape index (κ3) is 3.87. The number of carbonyl (C=O) groups excluding carboxylic acids is 1. The molecular formula is C18H23N5O2. The number of hydrogen-bond acceptors (Lipinski definition) is 5. The molecule has 1 N–H and O–H groups in total. The molecule has 1 aliphatic heterocycles. The first-order valence-corrected chi connectivity index (χ1v) is 8.44. The van der Waals surface area contributed by atoms with Gasteiger partial charge in [0, 0.05) is 44.6 Å². The molecule has 0 aromatic carbocycles. The minimum atomic E-state index is -0.114. The summed E-state index contributed by atoms with van der Waals surface area (Å²) in [6.07, 6.45) is 4.32. The van der Waals surface area contributed by atoms with Gasteiger partial charge in [-0.05, 0) is 37.8 Å². The number of hydrogen-bond donors (Lipinski definition) is 1. The molecule has 0 unspecified atom stereocenters. The Morgan fingerprint density at radius 1 is 1.32 bits per heavy atom. The van der Waals surface area contributed by atoms with E-state index in [1.165, 1.54) is 4.68 Å². The zero-order valence-corrected chi connectivity index (χ0v) is 14.8. The summed E-state index contributed by atoms with van der Waals surface area (Å²) < 4.78 is 1.31. The van der Waals surface area contributed by atoms with Gasteiger partial charge < -0.3 is 10.2 Å². The zero-order valence-electron chi connectivity index (χ0n) is 14.8. The second kappa shape index (κ2) is 7.04. The maximum atomic E-state index is 12.3. The van der Waals surface area contributed by atoms with Crippen LogP contribution in [0, 0.1) is 19.8 Å². The van der Waals surface area contributed by atoms with Crippen molar-refractivity contribution in [3.8, 4) is 0 Å². The fraction of sp³-hybridized carbons (Fsp3) is 0.444. The summed E-state index contributed by atoms with van der Waals surface area (Å²) >= 11 is 0. The fourth-order valence-corrected chi connectivity index (χ4v) is 3.13. The van der Waals surface area contributed by atoms with Crippen molar-refractivity contribution in [1.29, 1.82) is 0 Å². The molecule has 0 saturated carbocycles. The molecule has 2 aromatic rings. The molecule has 2 aromatic heterocycles. The number of rotatable bonds is 4. The third-order valence-electron chi connectivity index (χ3n) is 4.65. The Kier molecular flexibility index (Phi) is 4.83. The van der Waals surface area contributed by atoms with Crippen molar-refractivity contribution in [2.75, 3.05) is 24.5 Å². The van der Waals surface area contributed by atoms with Crippen LogP contribution in [0.5, 0.6) is 0 Å². The van der Waals surface area contributed by atoms with Gasteiger partial charge in [0.2, 0.25) is 0 Å². The summed E-state index contributed by atoms with van der Waals surface area (Å²) in [6.45, 7) is 6.11. The molecular weight excluding hydrogens is 318 g/mol. The van der Waals surface area contributed by atoms with Crippen molar-refractivity contribution in [2.24, 2.45) is 13.0 Å². The van der Waals surface area contributed by atoms with E-state index in [1.54, 1.807) is 25.5 Å². The van der Waals surface area contributed by atoms with Crippen LogP contribution < -0.4 is 15.8 Å². The molecule has 132 valence electrons. The number of pyridine rings is 1. The minimum Gasteiger partial charge on any atom is -0.370 e. The van der Waals surface area contributed by atoms with E-state index in [2.05, 4.69) is 20.3 Å². The van der Waals surface area contributed by atoms with E-state index in [9.17, 15) is 9.59 Å². The number of nitrogens with zero attached hydrogens (tertiary/aromatic N) is 4. The van der Waals surface area contributed by atoms with Gasteiger partial charge in [-0.3, -0.25) is 14.6 Å². The Bertz CT molecular complexity index is 846. The predicted molar refractivity (Wildman–Crippen MR) is 95.8 cm³/mol. The standard InChI is InChI=1S/C18H23N5O2/c1-12-6-13(2)19-10-16(12)18(25)20-8-14-4-5-23(11-14)15-7-17(24)22(3)21-9-15/h6-7,9-10,14H,4-5,8,11H2,1-3H3,(H,20,25)/t14-/m0/s1. The van der Waals surface area contributed by atoms with Crippen LogP contribution in [-0.4, -0.2) is 40.3 Å². The van der Waals surface area contributed by atoms with E-state index in [1.807, 2.05) is 19.9 Å². The van der Waals surface area contributed by atoms with Gasteiger partial charge >= 0.3 is 0 Å². The first-order chi connectivity index (χ1) is 11.9. The molecule has 25 heavy (non-hydrogen) atoms. The number of nitrogens with one attached hydrogen (secondary N) is 1. The number of anilines is 1. The highest BCUT2D eigenvalue weighted by Crippen LogP contribution is 2.21. The molecule has 0 bridgehead atoms. The van der Waals surface area contributed by atoms with Crippen LogP contribution in [0.3, 0.4) is 0 Å². The summed E-state index contributed by atoms with van der Waals surface area (Å²) in [7, 11) is 1.64. The van der Waals surface area contributed by atoms with E-state index in [4.69, 9.17) is 0 Å². The van der Waals surface area contributed by atoms with Gasteiger partial charge in [0.05, 0.1) is 17.4 Å². The molecule has 0 aliphatic carbocycles. The van der Waals surface area contributed by atoms with Gasteiger partial charge in [0.1, 0.15) is 0 Å². The number of aryl methyl sites for hydroxylation is 3. The van der Waals surface area contributed by atoms with Crippen molar-refractivity contribution >= 4 is 11.6 Å². The van der Waals surface area contributed by atoms with Crippen LogP contribution in [0.4, 0.5) is 5.69 Å². The first-order valence-electron chi connectivity index (χ1n) is 8.44. The van der Waals surface area contributed by atoms with Gasteiger partial charge in [-0.15, -0.1) is 0 Å². The van der Waals surface area contributed by atoms with Crippen molar-refractivity contribution < 1.29 is 4.79 Å².